The summed E-state index contributed by atoms with van der Waals surface area (Å²) in [4.78, 5) is 0. The molecule has 0 heteroatoms. The Hall–Kier alpha value is 0. The Kier molecular flexibility index (Phi) is 1.22. The van der Waals surface area contributed by atoms with E-state index in [1.165, 1.54) is 11.8 Å². The van der Waals surface area contributed by atoms with Crippen LogP contribution in [-0.4, -0.2) is 0 Å². The average molecular weight is 190 g/mol. The molecular formula is C14H22. The zero-order valence-electron chi connectivity index (χ0n) is 9.55. The van der Waals surface area contributed by atoms with E-state index in [9.17, 15) is 0 Å². The molecule has 0 nitrogen and oxygen atoms in total. The van der Waals surface area contributed by atoms with Crippen LogP contribution >= 0.6 is 0 Å². The lowest BCUT2D eigenvalue weighted by Crippen LogP contribution is -2.42. The molecule has 0 radical (unpaired) electrons. The molecule has 3 bridgehead atoms. The highest BCUT2D eigenvalue weighted by atomic mass is 14.8. The molecule has 1 spiro atoms. The lowest BCUT2D eigenvalue weighted by molar-refractivity contribution is -0.00537. The first-order valence-corrected chi connectivity index (χ1v) is 6.65. The van der Waals surface area contributed by atoms with Crippen LogP contribution in [0.15, 0.2) is 0 Å². The molecule has 0 aromatic rings. The highest BCUT2D eigenvalue weighted by molar-refractivity contribution is 5.20. The van der Waals surface area contributed by atoms with E-state index in [0.717, 1.165) is 22.7 Å². The van der Waals surface area contributed by atoms with E-state index in [0.29, 0.717) is 0 Å². The molecule has 4 rings (SSSR count). The summed E-state index contributed by atoms with van der Waals surface area (Å²) in [5.41, 5.74) is 1.71. The zero-order valence-corrected chi connectivity index (χ0v) is 9.55. The molecule has 0 aromatic carbocycles. The fourth-order valence-corrected chi connectivity index (χ4v) is 6.10. The number of hydrogen-bond donors (Lipinski definition) is 0. The van der Waals surface area contributed by atoms with Crippen LogP contribution in [0.5, 0.6) is 0 Å². The second-order valence-electron chi connectivity index (χ2n) is 7.27. The lowest BCUT2D eigenvalue weighted by Gasteiger charge is -2.49. The number of fused-ring (bicyclic) bond motifs is 2. The molecule has 14 heavy (non-hydrogen) atoms. The van der Waals surface area contributed by atoms with Crippen molar-refractivity contribution in [2.45, 2.75) is 52.4 Å². The van der Waals surface area contributed by atoms with Gasteiger partial charge in [-0.3, -0.25) is 0 Å². The zero-order chi connectivity index (χ0) is 9.55. The maximum absolute atomic E-state index is 2.49. The first-order chi connectivity index (χ1) is 6.65. The average Bonchev–Trinajstić information content (AvgIpc) is 2.42. The summed E-state index contributed by atoms with van der Waals surface area (Å²) < 4.78 is 0. The minimum absolute atomic E-state index is 0.804. The lowest BCUT2D eigenvalue weighted by atomic mass is 9.55. The Morgan fingerprint density at radius 1 is 1.00 bits per heavy atom. The molecular weight excluding hydrogens is 168 g/mol. The number of rotatable bonds is 1. The summed E-state index contributed by atoms with van der Waals surface area (Å²) in [7, 11) is 0. The maximum Gasteiger partial charge on any atom is -0.0232 e. The normalized spacial score (nSPS) is 63.2. The van der Waals surface area contributed by atoms with Gasteiger partial charge in [-0.1, -0.05) is 13.8 Å². The Balaban J connectivity index is 1.81. The molecule has 5 unspecified atom stereocenters. The first kappa shape index (κ1) is 8.19. The van der Waals surface area contributed by atoms with E-state index in [1.54, 1.807) is 38.5 Å². The highest BCUT2D eigenvalue weighted by Crippen LogP contribution is 2.79. The van der Waals surface area contributed by atoms with Gasteiger partial charge in [-0.2, -0.15) is 0 Å². The van der Waals surface area contributed by atoms with Gasteiger partial charge >= 0.3 is 0 Å². The van der Waals surface area contributed by atoms with Crippen molar-refractivity contribution in [3.05, 3.63) is 0 Å². The molecule has 0 N–H and O–H groups in total. The van der Waals surface area contributed by atoms with Crippen molar-refractivity contribution in [3.8, 4) is 0 Å². The minimum Gasteiger partial charge on any atom is -0.0622 e. The van der Waals surface area contributed by atoms with Crippen molar-refractivity contribution in [2.24, 2.45) is 34.5 Å². The van der Waals surface area contributed by atoms with Gasteiger partial charge in [-0.25, -0.2) is 0 Å². The van der Waals surface area contributed by atoms with Crippen LogP contribution in [0.25, 0.3) is 0 Å². The standard InChI is InChI=1S/C14H22/c1-9(2)13-5-10-3-11-4-12(7-13)14(11,6-10)8-13/h9-12H,3-8H2,1-2H3. The molecule has 0 amide bonds. The van der Waals surface area contributed by atoms with Crippen molar-refractivity contribution in [2.75, 3.05) is 0 Å². The quantitative estimate of drug-likeness (QED) is 0.589. The molecule has 78 valence electrons. The Morgan fingerprint density at radius 2 is 1.86 bits per heavy atom. The second kappa shape index (κ2) is 2.08. The molecule has 5 atom stereocenters. The van der Waals surface area contributed by atoms with Gasteiger partial charge in [0.25, 0.3) is 0 Å². The topological polar surface area (TPSA) is 0 Å². The number of hydrogen-bond acceptors (Lipinski definition) is 0. The van der Waals surface area contributed by atoms with E-state index in [1.807, 2.05) is 0 Å². The summed E-state index contributed by atoms with van der Waals surface area (Å²) in [5, 5.41) is 0. The molecule has 0 aliphatic heterocycles. The van der Waals surface area contributed by atoms with E-state index >= 15 is 0 Å². The van der Waals surface area contributed by atoms with E-state index < -0.39 is 0 Å². The van der Waals surface area contributed by atoms with Gasteiger partial charge in [0, 0.05) is 0 Å². The van der Waals surface area contributed by atoms with E-state index in [-0.39, 0.29) is 0 Å². The van der Waals surface area contributed by atoms with E-state index in [2.05, 4.69) is 13.8 Å². The smallest absolute Gasteiger partial charge is 0.0232 e. The third kappa shape index (κ3) is 0.657. The van der Waals surface area contributed by atoms with Crippen molar-refractivity contribution in [1.82, 2.24) is 0 Å². The van der Waals surface area contributed by atoms with Crippen molar-refractivity contribution in [3.63, 3.8) is 0 Å². The van der Waals surface area contributed by atoms with Crippen LogP contribution < -0.4 is 0 Å². The monoisotopic (exact) mass is 190 g/mol. The second-order valence-corrected chi connectivity index (χ2v) is 7.27. The first-order valence-electron chi connectivity index (χ1n) is 6.65. The third-order valence-corrected chi connectivity index (χ3v) is 6.74. The summed E-state index contributed by atoms with van der Waals surface area (Å²) in [6.45, 7) is 4.97. The summed E-state index contributed by atoms with van der Waals surface area (Å²) >= 11 is 0. The van der Waals surface area contributed by atoms with Gasteiger partial charge in [0.1, 0.15) is 0 Å². The van der Waals surface area contributed by atoms with Gasteiger partial charge in [0.05, 0.1) is 0 Å². The van der Waals surface area contributed by atoms with E-state index in [4.69, 9.17) is 0 Å². The summed E-state index contributed by atoms with van der Waals surface area (Å²) in [5.74, 6) is 4.44. The Labute approximate surface area is 87.5 Å². The SMILES string of the molecule is CC(C)C12CC3CC4CC(C1)C4(C3)C2. The van der Waals surface area contributed by atoms with Gasteiger partial charge in [-0.15, -0.1) is 0 Å². The molecule has 4 aliphatic rings. The molecule has 4 saturated carbocycles. The molecule has 0 saturated heterocycles. The van der Waals surface area contributed by atoms with Crippen LogP contribution in [-0.2, 0) is 0 Å². The van der Waals surface area contributed by atoms with Crippen molar-refractivity contribution >= 4 is 0 Å². The minimum atomic E-state index is 0.804. The predicted octanol–water partition coefficient (Wildman–Crippen LogP) is 3.86. The van der Waals surface area contributed by atoms with Crippen molar-refractivity contribution in [1.29, 1.82) is 0 Å². The predicted molar refractivity (Wildman–Crippen MR) is 57.9 cm³/mol. The Morgan fingerprint density at radius 3 is 2.64 bits per heavy atom. The van der Waals surface area contributed by atoms with Crippen LogP contribution in [0.4, 0.5) is 0 Å². The van der Waals surface area contributed by atoms with Gasteiger partial charge in [0.15, 0.2) is 0 Å². The van der Waals surface area contributed by atoms with Crippen LogP contribution in [0.3, 0.4) is 0 Å². The van der Waals surface area contributed by atoms with Crippen LogP contribution in [0.1, 0.15) is 52.4 Å². The molecule has 4 fully saturated rings. The van der Waals surface area contributed by atoms with Gasteiger partial charge < -0.3 is 0 Å². The van der Waals surface area contributed by atoms with Gasteiger partial charge in [-0.05, 0) is 73.0 Å². The summed E-state index contributed by atoms with van der Waals surface area (Å²) in [6.07, 6.45) is 9.70. The van der Waals surface area contributed by atoms with Gasteiger partial charge in [0.2, 0.25) is 0 Å². The van der Waals surface area contributed by atoms with Crippen LogP contribution in [0, 0.1) is 34.5 Å². The molecule has 4 aliphatic carbocycles. The summed E-state index contributed by atoms with van der Waals surface area (Å²) in [6, 6.07) is 0. The Bertz CT molecular complexity index is 288. The van der Waals surface area contributed by atoms with Crippen LogP contribution in [0.2, 0.25) is 0 Å². The highest BCUT2D eigenvalue weighted by Gasteiger charge is 2.70. The fourth-order valence-electron chi connectivity index (χ4n) is 6.10. The largest absolute Gasteiger partial charge is 0.0622 e. The van der Waals surface area contributed by atoms with Crippen molar-refractivity contribution < 1.29 is 0 Å². The fraction of sp³-hybridized carbons (Fsp3) is 1.00. The molecule has 0 heterocycles. The third-order valence-electron chi connectivity index (χ3n) is 6.74. The molecule has 0 aromatic heterocycles. The maximum atomic E-state index is 2.49.